The van der Waals surface area contributed by atoms with Crippen LogP contribution < -0.4 is 4.74 Å². The van der Waals surface area contributed by atoms with E-state index < -0.39 is 0 Å². The summed E-state index contributed by atoms with van der Waals surface area (Å²) in [6, 6.07) is 5.06. The van der Waals surface area contributed by atoms with Gasteiger partial charge in [0.1, 0.15) is 5.75 Å². The molecule has 0 saturated carbocycles. The average molecular weight is 246 g/mol. The second-order valence-electron chi connectivity index (χ2n) is 2.53. The minimum Gasteiger partial charge on any atom is -0.445 e. The second kappa shape index (κ2) is 4.17. The van der Waals surface area contributed by atoms with Gasteiger partial charge in [-0.25, -0.2) is 4.98 Å². The first-order valence-corrected chi connectivity index (χ1v) is 5.40. The maximum atomic E-state index is 5.81. The van der Waals surface area contributed by atoms with Crippen LogP contribution in [0.4, 0.5) is 0 Å². The van der Waals surface area contributed by atoms with Crippen molar-refractivity contribution in [3.63, 3.8) is 0 Å². The van der Waals surface area contributed by atoms with Gasteiger partial charge in [-0.05, 0) is 18.2 Å². The van der Waals surface area contributed by atoms with Gasteiger partial charge in [-0.3, -0.25) is 0 Å². The van der Waals surface area contributed by atoms with Crippen LogP contribution in [0.1, 0.15) is 0 Å². The van der Waals surface area contributed by atoms with E-state index in [1.165, 1.54) is 11.3 Å². The molecule has 0 atom stereocenters. The summed E-state index contributed by atoms with van der Waals surface area (Å²) in [5, 5.41) is 1.82. The number of ether oxygens (including phenoxy) is 1. The van der Waals surface area contributed by atoms with Gasteiger partial charge in [-0.1, -0.05) is 34.5 Å². The Hall–Kier alpha value is -0.770. The molecule has 0 fully saturated rings. The lowest BCUT2D eigenvalue weighted by molar-refractivity contribution is 0.495. The summed E-state index contributed by atoms with van der Waals surface area (Å²) in [6.45, 7) is 0. The van der Waals surface area contributed by atoms with E-state index in [0.29, 0.717) is 20.9 Å². The lowest BCUT2D eigenvalue weighted by Crippen LogP contribution is -1.80. The number of aromatic nitrogens is 1. The fourth-order valence-corrected chi connectivity index (χ4v) is 1.96. The number of benzene rings is 1. The number of nitrogens with zero attached hydrogens (tertiary/aromatic N) is 1. The smallest absolute Gasteiger partial charge is 0.200 e. The molecule has 0 amide bonds. The van der Waals surface area contributed by atoms with Gasteiger partial charge in [0.15, 0.2) is 0 Å². The molecule has 2 rings (SSSR count). The van der Waals surface area contributed by atoms with Crippen molar-refractivity contribution in [2.75, 3.05) is 0 Å². The molecule has 0 aliphatic carbocycles. The van der Waals surface area contributed by atoms with Crippen molar-refractivity contribution in [1.82, 2.24) is 4.98 Å². The zero-order valence-electron chi connectivity index (χ0n) is 6.91. The van der Waals surface area contributed by atoms with Crippen LogP contribution >= 0.6 is 34.5 Å². The van der Waals surface area contributed by atoms with Gasteiger partial charge in [-0.2, -0.15) is 0 Å². The molecule has 0 N–H and O–H groups in total. The molecular weight excluding hydrogens is 241 g/mol. The van der Waals surface area contributed by atoms with Crippen molar-refractivity contribution in [3.05, 3.63) is 40.0 Å². The predicted octanol–water partition coefficient (Wildman–Crippen LogP) is 4.24. The maximum absolute atomic E-state index is 5.81. The topological polar surface area (TPSA) is 22.1 Å². The first-order chi connectivity index (χ1) is 6.74. The largest absolute Gasteiger partial charge is 0.445 e. The van der Waals surface area contributed by atoms with Gasteiger partial charge in [0.05, 0.1) is 11.7 Å². The van der Waals surface area contributed by atoms with E-state index in [0.717, 1.165) is 0 Å². The van der Waals surface area contributed by atoms with Crippen molar-refractivity contribution in [2.45, 2.75) is 0 Å². The Morgan fingerprint density at radius 1 is 1.14 bits per heavy atom. The summed E-state index contributed by atoms with van der Waals surface area (Å²) >= 11 is 13.0. The first kappa shape index (κ1) is 9.77. The van der Waals surface area contributed by atoms with Gasteiger partial charge < -0.3 is 4.74 Å². The molecule has 14 heavy (non-hydrogen) atoms. The molecule has 0 radical (unpaired) electrons. The predicted molar refractivity (Wildman–Crippen MR) is 58.7 cm³/mol. The van der Waals surface area contributed by atoms with Crippen LogP contribution in [0.2, 0.25) is 10.0 Å². The van der Waals surface area contributed by atoms with E-state index in [9.17, 15) is 0 Å². The molecule has 1 aromatic heterocycles. The molecular formula is C9H5Cl2NOS. The SMILES string of the molecule is Clc1cc(Cl)cc(Oc2cncs2)c1. The van der Waals surface area contributed by atoms with E-state index in [1.54, 1.807) is 29.9 Å². The second-order valence-corrected chi connectivity index (χ2v) is 4.25. The third-order valence-corrected chi connectivity index (χ3v) is 2.55. The van der Waals surface area contributed by atoms with Gasteiger partial charge >= 0.3 is 0 Å². The molecule has 0 aliphatic rings. The molecule has 2 nitrogen and oxygen atoms in total. The minimum atomic E-state index is 0.553. The van der Waals surface area contributed by atoms with E-state index >= 15 is 0 Å². The molecule has 0 aliphatic heterocycles. The highest BCUT2D eigenvalue weighted by Crippen LogP contribution is 2.29. The fraction of sp³-hybridized carbons (Fsp3) is 0. The standard InChI is InChI=1S/C9H5Cl2NOS/c10-6-1-7(11)3-8(2-6)13-9-4-12-5-14-9/h1-5H. The van der Waals surface area contributed by atoms with Crippen LogP contribution in [0.15, 0.2) is 29.9 Å². The van der Waals surface area contributed by atoms with E-state index in [2.05, 4.69) is 4.98 Å². The monoisotopic (exact) mass is 245 g/mol. The zero-order chi connectivity index (χ0) is 9.97. The molecule has 5 heteroatoms. The Bertz CT molecular complexity index is 410. The third kappa shape index (κ3) is 2.38. The van der Waals surface area contributed by atoms with E-state index in [4.69, 9.17) is 27.9 Å². The maximum Gasteiger partial charge on any atom is 0.200 e. The molecule has 0 unspecified atom stereocenters. The Labute approximate surface area is 95.1 Å². The van der Waals surface area contributed by atoms with Crippen molar-refractivity contribution in [2.24, 2.45) is 0 Å². The number of hydrogen-bond acceptors (Lipinski definition) is 3. The minimum absolute atomic E-state index is 0.553. The molecule has 1 aromatic carbocycles. The van der Waals surface area contributed by atoms with Crippen LogP contribution in [-0.4, -0.2) is 4.98 Å². The summed E-state index contributed by atoms with van der Waals surface area (Å²) in [7, 11) is 0. The van der Waals surface area contributed by atoms with Crippen LogP contribution in [0.5, 0.6) is 10.8 Å². The Morgan fingerprint density at radius 2 is 1.86 bits per heavy atom. The van der Waals surface area contributed by atoms with Gasteiger partial charge in [0.25, 0.3) is 0 Å². The van der Waals surface area contributed by atoms with Crippen LogP contribution in [-0.2, 0) is 0 Å². The molecule has 2 aromatic rings. The highest BCUT2D eigenvalue weighted by Gasteiger charge is 2.01. The van der Waals surface area contributed by atoms with Crippen molar-refractivity contribution in [3.8, 4) is 10.8 Å². The van der Waals surface area contributed by atoms with E-state index in [-0.39, 0.29) is 0 Å². The van der Waals surface area contributed by atoms with Crippen LogP contribution in [0, 0.1) is 0 Å². The molecule has 72 valence electrons. The molecule has 1 heterocycles. The summed E-state index contributed by atoms with van der Waals surface area (Å²) < 4.78 is 5.47. The van der Waals surface area contributed by atoms with Crippen molar-refractivity contribution in [1.29, 1.82) is 0 Å². The van der Waals surface area contributed by atoms with Crippen LogP contribution in [0.3, 0.4) is 0 Å². The number of hydrogen-bond donors (Lipinski definition) is 0. The summed E-state index contributed by atoms with van der Waals surface area (Å²) in [6.07, 6.45) is 1.64. The fourth-order valence-electron chi connectivity index (χ4n) is 0.958. The number of thiazole rings is 1. The Morgan fingerprint density at radius 3 is 2.43 bits per heavy atom. The van der Waals surface area contributed by atoms with Crippen molar-refractivity contribution >= 4 is 34.5 Å². The Balaban J connectivity index is 2.25. The number of rotatable bonds is 2. The summed E-state index contributed by atoms with van der Waals surface area (Å²) in [5.41, 5.74) is 1.70. The summed E-state index contributed by atoms with van der Waals surface area (Å²) in [4.78, 5) is 3.89. The Kier molecular flexibility index (Phi) is 2.91. The lowest BCUT2D eigenvalue weighted by Gasteiger charge is -2.02. The van der Waals surface area contributed by atoms with Gasteiger partial charge in [-0.15, -0.1) is 0 Å². The van der Waals surface area contributed by atoms with E-state index in [1.807, 2.05) is 0 Å². The van der Waals surface area contributed by atoms with Gasteiger partial charge in [0, 0.05) is 10.0 Å². The molecule has 0 spiro atoms. The van der Waals surface area contributed by atoms with Crippen LogP contribution in [0.25, 0.3) is 0 Å². The number of halogens is 2. The normalized spacial score (nSPS) is 10.1. The zero-order valence-corrected chi connectivity index (χ0v) is 9.23. The summed E-state index contributed by atoms with van der Waals surface area (Å²) in [5.74, 6) is 0.617. The molecule has 0 bridgehead atoms. The molecule has 0 saturated heterocycles. The van der Waals surface area contributed by atoms with Crippen molar-refractivity contribution < 1.29 is 4.74 Å². The van der Waals surface area contributed by atoms with Gasteiger partial charge in [0.2, 0.25) is 5.06 Å². The third-order valence-electron chi connectivity index (χ3n) is 1.46. The lowest BCUT2D eigenvalue weighted by atomic mass is 10.3. The highest BCUT2D eigenvalue weighted by atomic mass is 35.5. The quantitative estimate of drug-likeness (QED) is 0.790. The first-order valence-electron chi connectivity index (χ1n) is 3.76. The highest BCUT2D eigenvalue weighted by molar-refractivity contribution is 7.11. The average Bonchev–Trinajstić information content (AvgIpc) is 2.54.